The Kier molecular flexibility index (Phi) is 7.20. The smallest absolute Gasteiger partial charge is 0.00975 e. The van der Waals surface area contributed by atoms with E-state index in [2.05, 4.69) is 33.0 Å². The molecule has 0 aliphatic carbocycles. The van der Waals surface area contributed by atoms with E-state index in [1.54, 1.807) is 0 Å². The average Bonchev–Trinajstić information content (AvgIpc) is 2.00. The summed E-state index contributed by atoms with van der Waals surface area (Å²) in [6, 6.07) is 0. The van der Waals surface area contributed by atoms with Gasteiger partial charge in [0.2, 0.25) is 0 Å². The van der Waals surface area contributed by atoms with Crippen LogP contribution in [0.2, 0.25) is 0 Å². The van der Waals surface area contributed by atoms with Gasteiger partial charge in [-0.3, -0.25) is 0 Å². The molecule has 3 N–H and O–H groups in total. The molecule has 0 aromatic heterocycles. The fraction of sp³-hybridized carbons (Fsp3) is 1.00. The van der Waals surface area contributed by atoms with Crippen molar-refractivity contribution in [2.45, 2.75) is 58.9 Å². The van der Waals surface area contributed by atoms with E-state index in [1.807, 2.05) is 0 Å². The van der Waals surface area contributed by atoms with Crippen LogP contribution in [0.3, 0.4) is 0 Å². The molecular formula is C12H28N2. The zero-order valence-corrected chi connectivity index (χ0v) is 10.4. The van der Waals surface area contributed by atoms with Gasteiger partial charge >= 0.3 is 0 Å². The predicted octanol–water partition coefficient (Wildman–Crippen LogP) is 2.53. The van der Waals surface area contributed by atoms with Gasteiger partial charge in [0.1, 0.15) is 0 Å². The van der Waals surface area contributed by atoms with Crippen molar-refractivity contribution in [3.05, 3.63) is 0 Å². The molecule has 2 heteroatoms. The first-order valence-electron chi connectivity index (χ1n) is 5.91. The summed E-state index contributed by atoms with van der Waals surface area (Å²) in [6.07, 6.45) is 4.91. The third-order valence-electron chi connectivity index (χ3n) is 2.31. The van der Waals surface area contributed by atoms with Crippen molar-refractivity contribution in [2.75, 3.05) is 13.1 Å². The summed E-state index contributed by atoms with van der Waals surface area (Å²) in [5.74, 6) is 0.833. The second kappa shape index (κ2) is 7.24. The first-order valence-corrected chi connectivity index (χ1v) is 5.91. The monoisotopic (exact) mass is 200 g/mol. The van der Waals surface area contributed by atoms with Crippen molar-refractivity contribution in [3.63, 3.8) is 0 Å². The van der Waals surface area contributed by atoms with E-state index in [0.29, 0.717) is 0 Å². The summed E-state index contributed by atoms with van der Waals surface area (Å²) in [4.78, 5) is 0. The molecule has 0 aromatic carbocycles. The largest absolute Gasteiger partial charge is 0.326 e. The van der Waals surface area contributed by atoms with E-state index in [9.17, 15) is 0 Å². The molecule has 0 aliphatic heterocycles. The van der Waals surface area contributed by atoms with Crippen molar-refractivity contribution in [2.24, 2.45) is 11.7 Å². The number of nitrogens with two attached hydrogens (primary N) is 1. The molecule has 0 fully saturated rings. The van der Waals surface area contributed by atoms with Crippen LogP contribution in [-0.4, -0.2) is 18.6 Å². The SMILES string of the molecule is CC(C)CCCNCCCC(C)(C)N. The van der Waals surface area contributed by atoms with Crippen LogP contribution < -0.4 is 11.1 Å². The van der Waals surface area contributed by atoms with Gasteiger partial charge in [-0.05, 0) is 58.5 Å². The maximum absolute atomic E-state index is 5.89. The second-order valence-corrected chi connectivity index (χ2v) is 5.38. The molecule has 0 aliphatic rings. The zero-order valence-electron chi connectivity index (χ0n) is 10.4. The van der Waals surface area contributed by atoms with Crippen molar-refractivity contribution in [3.8, 4) is 0 Å². The van der Waals surface area contributed by atoms with Crippen molar-refractivity contribution in [1.29, 1.82) is 0 Å². The molecule has 14 heavy (non-hydrogen) atoms. The number of nitrogens with one attached hydrogen (secondary N) is 1. The first kappa shape index (κ1) is 13.9. The lowest BCUT2D eigenvalue weighted by atomic mass is 10.0. The number of rotatable bonds is 8. The van der Waals surface area contributed by atoms with Crippen LogP contribution in [-0.2, 0) is 0 Å². The van der Waals surface area contributed by atoms with Crippen LogP contribution in [0.1, 0.15) is 53.4 Å². The van der Waals surface area contributed by atoms with E-state index in [1.165, 1.54) is 19.3 Å². The fourth-order valence-electron chi connectivity index (χ4n) is 1.43. The molecule has 2 nitrogen and oxygen atoms in total. The highest BCUT2D eigenvalue weighted by molar-refractivity contribution is 4.71. The third kappa shape index (κ3) is 11.9. The highest BCUT2D eigenvalue weighted by atomic mass is 14.8. The summed E-state index contributed by atoms with van der Waals surface area (Å²) in [7, 11) is 0. The van der Waals surface area contributed by atoms with Gasteiger partial charge in [-0.15, -0.1) is 0 Å². The van der Waals surface area contributed by atoms with Crippen LogP contribution in [0.15, 0.2) is 0 Å². The highest BCUT2D eigenvalue weighted by Gasteiger charge is 2.08. The van der Waals surface area contributed by atoms with Crippen molar-refractivity contribution < 1.29 is 0 Å². The lowest BCUT2D eigenvalue weighted by Crippen LogP contribution is -2.32. The molecule has 0 atom stereocenters. The van der Waals surface area contributed by atoms with Gasteiger partial charge < -0.3 is 11.1 Å². The van der Waals surface area contributed by atoms with Crippen LogP contribution in [0.4, 0.5) is 0 Å². The van der Waals surface area contributed by atoms with E-state index < -0.39 is 0 Å². The topological polar surface area (TPSA) is 38.0 Å². The summed E-state index contributed by atoms with van der Waals surface area (Å²) in [5.41, 5.74) is 5.89. The third-order valence-corrected chi connectivity index (χ3v) is 2.31. The molecule has 0 radical (unpaired) electrons. The Morgan fingerprint density at radius 3 is 2.21 bits per heavy atom. The highest BCUT2D eigenvalue weighted by Crippen LogP contribution is 2.06. The molecule has 0 bridgehead atoms. The molecule has 0 saturated carbocycles. The van der Waals surface area contributed by atoms with Gasteiger partial charge in [0.25, 0.3) is 0 Å². The zero-order chi connectivity index (χ0) is 11.0. The standard InChI is InChI=1S/C12H28N2/c1-11(2)7-5-9-14-10-6-8-12(3,4)13/h11,14H,5-10,13H2,1-4H3. The van der Waals surface area contributed by atoms with E-state index in [4.69, 9.17) is 5.73 Å². The molecule has 0 amide bonds. The molecule has 0 aromatic rings. The quantitative estimate of drug-likeness (QED) is 0.591. The molecule has 0 rings (SSSR count). The molecule has 0 unspecified atom stereocenters. The van der Waals surface area contributed by atoms with Crippen LogP contribution >= 0.6 is 0 Å². The van der Waals surface area contributed by atoms with Crippen LogP contribution in [0.25, 0.3) is 0 Å². The van der Waals surface area contributed by atoms with Crippen LogP contribution in [0, 0.1) is 5.92 Å². The van der Waals surface area contributed by atoms with Gasteiger partial charge in [-0.1, -0.05) is 13.8 Å². The van der Waals surface area contributed by atoms with Gasteiger partial charge in [0.15, 0.2) is 0 Å². The molecule has 0 heterocycles. The average molecular weight is 200 g/mol. The molecule has 86 valence electrons. The Morgan fingerprint density at radius 2 is 1.71 bits per heavy atom. The number of hydrogen-bond donors (Lipinski definition) is 2. The van der Waals surface area contributed by atoms with Gasteiger partial charge in [0.05, 0.1) is 0 Å². The Labute approximate surface area is 89.6 Å². The van der Waals surface area contributed by atoms with E-state index in [-0.39, 0.29) is 5.54 Å². The van der Waals surface area contributed by atoms with Crippen molar-refractivity contribution in [1.82, 2.24) is 5.32 Å². The lowest BCUT2D eigenvalue weighted by molar-refractivity contribution is 0.444. The summed E-state index contributed by atoms with van der Waals surface area (Å²) >= 11 is 0. The summed E-state index contributed by atoms with van der Waals surface area (Å²) in [6.45, 7) is 11.0. The van der Waals surface area contributed by atoms with E-state index >= 15 is 0 Å². The van der Waals surface area contributed by atoms with Gasteiger partial charge in [-0.2, -0.15) is 0 Å². The summed E-state index contributed by atoms with van der Waals surface area (Å²) < 4.78 is 0. The molecule has 0 saturated heterocycles. The normalized spacial score (nSPS) is 12.4. The first-order chi connectivity index (χ1) is 6.42. The second-order valence-electron chi connectivity index (χ2n) is 5.38. The van der Waals surface area contributed by atoms with Crippen LogP contribution in [0.5, 0.6) is 0 Å². The minimum absolute atomic E-state index is 0.000384. The predicted molar refractivity (Wildman–Crippen MR) is 64.4 cm³/mol. The minimum atomic E-state index is -0.000384. The van der Waals surface area contributed by atoms with E-state index in [0.717, 1.165) is 25.4 Å². The Balaban J connectivity index is 3.07. The lowest BCUT2D eigenvalue weighted by Gasteiger charge is -2.18. The minimum Gasteiger partial charge on any atom is -0.326 e. The van der Waals surface area contributed by atoms with Crippen molar-refractivity contribution >= 4 is 0 Å². The van der Waals surface area contributed by atoms with Gasteiger partial charge in [0, 0.05) is 5.54 Å². The summed E-state index contributed by atoms with van der Waals surface area (Å²) in [5, 5.41) is 3.46. The Bertz CT molecular complexity index is 125. The maximum atomic E-state index is 5.89. The maximum Gasteiger partial charge on any atom is 0.00975 e. The Morgan fingerprint density at radius 1 is 1.14 bits per heavy atom. The fourth-order valence-corrected chi connectivity index (χ4v) is 1.43. The molecular weight excluding hydrogens is 172 g/mol. The van der Waals surface area contributed by atoms with Gasteiger partial charge in [-0.25, -0.2) is 0 Å². The Hall–Kier alpha value is -0.0800. The molecule has 0 spiro atoms. The number of hydrogen-bond acceptors (Lipinski definition) is 2.